The quantitative estimate of drug-likeness (QED) is 0.739. The van der Waals surface area contributed by atoms with Crippen LogP contribution in [0.3, 0.4) is 0 Å². The number of hydrogen-bond donors (Lipinski definition) is 1. The van der Waals surface area contributed by atoms with Gasteiger partial charge in [0.1, 0.15) is 5.76 Å². The molecular weight excluding hydrogens is 220 g/mol. The molecule has 0 radical (unpaired) electrons. The Morgan fingerprint density at radius 3 is 2.50 bits per heavy atom. The molecule has 1 heteroatoms. The zero-order chi connectivity index (χ0) is 13.3. The fourth-order valence-corrected chi connectivity index (χ4v) is 3.17. The van der Waals surface area contributed by atoms with Crippen molar-refractivity contribution in [2.75, 3.05) is 0 Å². The van der Waals surface area contributed by atoms with Gasteiger partial charge in [-0.2, -0.15) is 0 Å². The average molecular weight is 244 g/mol. The van der Waals surface area contributed by atoms with E-state index in [2.05, 4.69) is 52.0 Å². The first-order chi connectivity index (χ1) is 8.41. The Kier molecular flexibility index (Phi) is 3.52. The van der Waals surface area contributed by atoms with Crippen LogP contribution in [0.15, 0.2) is 47.8 Å². The standard InChI is InChI=1S/C17H24O/c1-12-6-5-7-14(10-12)17(3,4)16-9-8-15(18)11-13(16)2/h5,7-13,16,18H,6H2,1-4H3. The van der Waals surface area contributed by atoms with Crippen LogP contribution < -0.4 is 0 Å². The lowest BCUT2D eigenvalue weighted by atomic mass is 9.65. The molecule has 18 heavy (non-hydrogen) atoms. The van der Waals surface area contributed by atoms with Crippen LogP contribution >= 0.6 is 0 Å². The van der Waals surface area contributed by atoms with E-state index in [-0.39, 0.29) is 5.41 Å². The second-order valence-corrected chi connectivity index (χ2v) is 6.29. The Labute approximate surface area is 111 Å². The van der Waals surface area contributed by atoms with Crippen molar-refractivity contribution in [2.24, 2.45) is 23.2 Å². The van der Waals surface area contributed by atoms with Gasteiger partial charge in [-0.1, -0.05) is 52.0 Å². The number of allylic oxidation sites excluding steroid dienone is 7. The van der Waals surface area contributed by atoms with Crippen LogP contribution in [0.25, 0.3) is 0 Å². The summed E-state index contributed by atoms with van der Waals surface area (Å²) in [6, 6.07) is 0. The lowest BCUT2D eigenvalue weighted by Gasteiger charge is -2.39. The molecule has 2 aliphatic carbocycles. The van der Waals surface area contributed by atoms with Crippen molar-refractivity contribution in [2.45, 2.75) is 34.1 Å². The lowest BCUT2D eigenvalue weighted by molar-refractivity contribution is 0.261. The SMILES string of the molecule is CC1C=C(C(C)(C)C2C=CC(O)=CC2C)C=CC1. The van der Waals surface area contributed by atoms with E-state index in [1.54, 1.807) is 0 Å². The molecule has 0 aliphatic heterocycles. The third kappa shape index (κ3) is 2.45. The molecule has 0 saturated heterocycles. The molecule has 3 unspecified atom stereocenters. The van der Waals surface area contributed by atoms with Gasteiger partial charge in [-0.25, -0.2) is 0 Å². The molecule has 0 heterocycles. The first-order valence-corrected chi connectivity index (χ1v) is 6.89. The van der Waals surface area contributed by atoms with Crippen LogP contribution in [0.5, 0.6) is 0 Å². The molecule has 0 aromatic rings. The third-order valence-electron chi connectivity index (χ3n) is 4.32. The summed E-state index contributed by atoms with van der Waals surface area (Å²) in [7, 11) is 0. The summed E-state index contributed by atoms with van der Waals surface area (Å²) in [5.41, 5.74) is 1.54. The van der Waals surface area contributed by atoms with Gasteiger partial charge in [0.25, 0.3) is 0 Å². The van der Waals surface area contributed by atoms with Crippen LogP contribution in [-0.4, -0.2) is 5.11 Å². The van der Waals surface area contributed by atoms with E-state index in [0.717, 1.165) is 6.42 Å². The predicted octanol–water partition coefficient (Wildman–Crippen LogP) is 4.80. The van der Waals surface area contributed by atoms with E-state index in [1.807, 2.05) is 12.2 Å². The summed E-state index contributed by atoms with van der Waals surface area (Å²) in [4.78, 5) is 0. The highest BCUT2D eigenvalue weighted by molar-refractivity contribution is 5.33. The molecule has 0 bridgehead atoms. The largest absolute Gasteiger partial charge is 0.508 e. The Bertz CT molecular complexity index is 435. The fourth-order valence-electron chi connectivity index (χ4n) is 3.17. The predicted molar refractivity (Wildman–Crippen MR) is 77.3 cm³/mol. The second-order valence-electron chi connectivity index (χ2n) is 6.29. The van der Waals surface area contributed by atoms with Crippen molar-refractivity contribution in [3.8, 4) is 0 Å². The van der Waals surface area contributed by atoms with Crippen molar-refractivity contribution in [3.63, 3.8) is 0 Å². The van der Waals surface area contributed by atoms with Crippen LogP contribution in [0.1, 0.15) is 34.1 Å². The maximum atomic E-state index is 9.56. The molecule has 1 N–H and O–H groups in total. The van der Waals surface area contributed by atoms with Crippen molar-refractivity contribution in [3.05, 3.63) is 47.8 Å². The van der Waals surface area contributed by atoms with Crippen LogP contribution in [-0.2, 0) is 0 Å². The summed E-state index contributed by atoms with van der Waals surface area (Å²) >= 11 is 0. The summed E-state index contributed by atoms with van der Waals surface area (Å²) in [5, 5.41) is 9.56. The summed E-state index contributed by atoms with van der Waals surface area (Å²) in [6.45, 7) is 9.07. The normalized spacial score (nSPS) is 32.1. The number of aliphatic hydroxyl groups excluding tert-OH is 1. The monoisotopic (exact) mass is 244 g/mol. The van der Waals surface area contributed by atoms with E-state index in [9.17, 15) is 5.11 Å². The van der Waals surface area contributed by atoms with Crippen LogP contribution in [0, 0.1) is 23.2 Å². The Morgan fingerprint density at radius 1 is 1.17 bits per heavy atom. The first kappa shape index (κ1) is 13.2. The van der Waals surface area contributed by atoms with Gasteiger partial charge in [-0.15, -0.1) is 0 Å². The zero-order valence-corrected chi connectivity index (χ0v) is 11.9. The number of aliphatic hydroxyl groups is 1. The minimum absolute atomic E-state index is 0.109. The van der Waals surface area contributed by atoms with Gasteiger partial charge in [0, 0.05) is 0 Å². The van der Waals surface area contributed by atoms with Gasteiger partial charge in [0.15, 0.2) is 0 Å². The zero-order valence-electron chi connectivity index (χ0n) is 11.9. The van der Waals surface area contributed by atoms with E-state index in [0.29, 0.717) is 23.5 Å². The first-order valence-electron chi connectivity index (χ1n) is 6.89. The highest BCUT2D eigenvalue weighted by atomic mass is 16.3. The van der Waals surface area contributed by atoms with Crippen molar-refractivity contribution in [1.82, 2.24) is 0 Å². The Balaban J connectivity index is 2.27. The molecule has 0 aromatic heterocycles. The highest BCUT2D eigenvalue weighted by Crippen LogP contribution is 2.44. The molecule has 2 aliphatic rings. The molecule has 0 saturated carbocycles. The Hall–Kier alpha value is -1.24. The number of hydrogen-bond acceptors (Lipinski definition) is 1. The molecule has 0 spiro atoms. The van der Waals surface area contributed by atoms with Crippen LogP contribution in [0.2, 0.25) is 0 Å². The van der Waals surface area contributed by atoms with Gasteiger partial charge >= 0.3 is 0 Å². The minimum atomic E-state index is 0.109. The van der Waals surface area contributed by atoms with Crippen molar-refractivity contribution >= 4 is 0 Å². The second kappa shape index (κ2) is 4.79. The summed E-state index contributed by atoms with van der Waals surface area (Å²) < 4.78 is 0. The van der Waals surface area contributed by atoms with Gasteiger partial charge < -0.3 is 5.11 Å². The van der Waals surface area contributed by atoms with E-state index in [4.69, 9.17) is 0 Å². The maximum absolute atomic E-state index is 9.56. The average Bonchev–Trinajstić information content (AvgIpc) is 2.28. The van der Waals surface area contributed by atoms with E-state index in [1.165, 1.54) is 5.57 Å². The van der Waals surface area contributed by atoms with Crippen molar-refractivity contribution < 1.29 is 5.11 Å². The molecule has 0 aromatic carbocycles. The van der Waals surface area contributed by atoms with Gasteiger partial charge in [-0.3, -0.25) is 0 Å². The van der Waals surface area contributed by atoms with Crippen LogP contribution in [0.4, 0.5) is 0 Å². The molecule has 1 nitrogen and oxygen atoms in total. The van der Waals surface area contributed by atoms with Gasteiger partial charge in [0.2, 0.25) is 0 Å². The highest BCUT2D eigenvalue weighted by Gasteiger charge is 2.35. The molecule has 0 amide bonds. The van der Waals surface area contributed by atoms with E-state index >= 15 is 0 Å². The topological polar surface area (TPSA) is 20.2 Å². The maximum Gasteiger partial charge on any atom is 0.111 e. The third-order valence-corrected chi connectivity index (χ3v) is 4.32. The van der Waals surface area contributed by atoms with Crippen molar-refractivity contribution in [1.29, 1.82) is 0 Å². The number of rotatable bonds is 2. The smallest absolute Gasteiger partial charge is 0.111 e. The van der Waals surface area contributed by atoms with Gasteiger partial charge in [-0.05, 0) is 47.3 Å². The summed E-state index contributed by atoms with van der Waals surface area (Å²) in [6.07, 6.45) is 14.1. The Morgan fingerprint density at radius 2 is 1.89 bits per heavy atom. The fraction of sp³-hybridized carbons (Fsp3) is 0.529. The molecule has 3 atom stereocenters. The summed E-state index contributed by atoms with van der Waals surface area (Å²) in [5.74, 6) is 1.85. The molecule has 0 fully saturated rings. The van der Waals surface area contributed by atoms with E-state index < -0.39 is 0 Å². The molecular formula is C17H24O. The molecule has 98 valence electrons. The van der Waals surface area contributed by atoms with Gasteiger partial charge in [0.05, 0.1) is 0 Å². The molecule has 2 rings (SSSR count). The lowest BCUT2D eigenvalue weighted by Crippen LogP contribution is -2.31. The minimum Gasteiger partial charge on any atom is -0.508 e.